The van der Waals surface area contributed by atoms with Gasteiger partial charge in [-0.05, 0) is 42.0 Å². The van der Waals surface area contributed by atoms with Gasteiger partial charge in [0.2, 0.25) is 0 Å². The van der Waals surface area contributed by atoms with Crippen molar-refractivity contribution in [2.45, 2.75) is 0 Å². The highest BCUT2D eigenvalue weighted by Gasteiger charge is 2.11. The SMILES string of the molecule is N#C/C(=C\c1ccc(C#N)cc1)c1nc(-c2ccc(Cl)cc2Cl)cs1. The smallest absolute Gasteiger partial charge is 0.134 e. The van der Waals surface area contributed by atoms with Crippen LogP contribution in [-0.2, 0) is 0 Å². The van der Waals surface area contributed by atoms with Crippen LogP contribution in [-0.4, -0.2) is 4.98 Å². The van der Waals surface area contributed by atoms with Crippen molar-refractivity contribution in [3.63, 3.8) is 0 Å². The number of benzene rings is 2. The third-order valence-electron chi connectivity index (χ3n) is 3.41. The van der Waals surface area contributed by atoms with Crippen LogP contribution in [0.1, 0.15) is 16.1 Å². The molecule has 0 amide bonds. The number of nitriles is 2. The van der Waals surface area contributed by atoms with Gasteiger partial charge in [0.25, 0.3) is 0 Å². The summed E-state index contributed by atoms with van der Waals surface area (Å²) in [4.78, 5) is 4.52. The lowest BCUT2D eigenvalue weighted by Gasteiger charge is -2.01. The Morgan fingerprint density at radius 3 is 2.48 bits per heavy atom. The second kappa shape index (κ2) is 7.51. The molecule has 0 aliphatic heterocycles. The molecule has 3 nitrogen and oxygen atoms in total. The molecule has 2 aromatic carbocycles. The maximum Gasteiger partial charge on any atom is 0.134 e. The Morgan fingerprint density at radius 1 is 1.08 bits per heavy atom. The van der Waals surface area contributed by atoms with E-state index in [2.05, 4.69) is 17.1 Å². The molecule has 3 aromatic rings. The van der Waals surface area contributed by atoms with Crippen LogP contribution in [0.15, 0.2) is 47.8 Å². The van der Waals surface area contributed by atoms with Gasteiger partial charge in [0, 0.05) is 16.0 Å². The zero-order valence-corrected chi connectivity index (χ0v) is 15.0. The number of aromatic nitrogens is 1. The van der Waals surface area contributed by atoms with Crippen LogP contribution >= 0.6 is 34.5 Å². The van der Waals surface area contributed by atoms with Crippen LogP contribution in [0.4, 0.5) is 0 Å². The molecule has 6 heteroatoms. The number of halogens is 2. The van der Waals surface area contributed by atoms with Crippen LogP contribution < -0.4 is 0 Å². The fraction of sp³-hybridized carbons (Fsp3) is 0. The number of hydrogen-bond acceptors (Lipinski definition) is 4. The molecular weight excluding hydrogens is 373 g/mol. The fourth-order valence-corrected chi connectivity index (χ4v) is 3.47. The van der Waals surface area contributed by atoms with E-state index in [9.17, 15) is 5.26 Å². The van der Waals surface area contributed by atoms with Crippen LogP contribution in [0.5, 0.6) is 0 Å². The topological polar surface area (TPSA) is 60.5 Å². The Bertz CT molecular complexity index is 1040. The minimum atomic E-state index is 0.450. The molecule has 0 radical (unpaired) electrons. The van der Waals surface area contributed by atoms with Gasteiger partial charge in [0.1, 0.15) is 11.1 Å². The molecule has 0 bridgehead atoms. The van der Waals surface area contributed by atoms with E-state index in [1.807, 2.05) is 5.38 Å². The molecule has 0 atom stereocenters. The Labute approximate surface area is 159 Å². The first-order chi connectivity index (χ1) is 12.1. The summed E-state index contributed by atoms with van der Waals surface area (Å²) < 4.78 is 0. The van der Waals surface area contributed by atoms with E-state index in [-0.39, 0.29) is 0 Å². The highest BCUT2D eigenvalue weighted by Crippen LogP contribution is 2.33. The second-order valence-corrected chi connectivity index (χ2v) is 6.77. The van der Waals surface area contributed by atoms with Crippen molar-refractivity contribution >= 4 is 46.2 Å². The molecule has 120 valence electrons. The average Bonchev–Trinajstić information content (AvgIpc) is 3.09. The molecule has 1 heterocycles. The van der Waals surface area contributed by atoms with Gasteiger partial charge in [-0.15, -0.1) is 11.3 Å². The Kier molecular flexibility index (Phi) is 5.16. The fourth-order valence-electron chi connectivity index (χ4n) is 2.18. The highest BCUT2D eigenvalue weighted by atomic mass is 35.5. The van der Waals surface area contributed by atoms with Gasteiger partial charge in [0.15, 0.2) is 0 Å². The minimum Gasteiger partial charge on any atom is -0.235 e. The molecule has 0 fully saturated rings. The largest absolute Gasteiger partial charge is 0.235 e. The van der Waals surface area contributed by atoms with E-state index >= 15 is 0 Å². The van der Waals surface area contributed by atoms with E-state index < -0.39 is 0 Å². The van der Waals surface area contributed by atoms with Crippen LogP contribution in [0.3, 0.4) is 0 Å². The summed E-state index contributed by atoms with van der Waals surface area (Å²) in [5.41, 5.74) is 3.32. The normalized spacial score (nSPS) is 11.0. The van der Waals surface area contributed by atoms with Gasteiger partial charge in [-0.2, -0.15) is 10.5 Å². The first-order valence-electron chi connectivity index (χ1n) is 7.14. The minimum absolute atomic E-state index is 0.450. The van der Waals surface area contributed by atoms with E-state index in [1.165, 1.54) is 11.3 Å². The number of nitrogens with zero attached hydrogens (tertiary/aromatic N) is 3. The second-order valence-electron chi connectivity index (χ2n) is 5.07. The zero-order valence-electron chi connectivity index (χ0n) is 12.7. The molecule has 0 N–H and O–H groups in total. The maximum absolute atomic E-state index is 9.46. The Morgan fingerprint density at radius 2 is 1.84 bits per heavy atom. The monoisotopic (exact) mass is 381 g/mol. The molecule has 0 aliphatic rings. The van der Waals surface area contributed by atoms with Crippen LogP contribution in [0.25, 0.3) is 22.9 Å². The lowest BCUT2D eigenvalue weighted by atomic mass is 10.1. The van der Waals surface area contributed by atoms with Crippen molar-refractivity contribution in [3.8, 4) is 23.4 Å². The molecule has 25 heavy (non-hydrogen) atoms. The third-order valence-corrected chi connectivity index (χ3v) is 4.84. The van der Waals surface area contributed by atoms with Crippen molar-refractivity contribution in [1.29, 1.82) is 10.5 Å². The highest BCUT2D eigenvalue weighted by molar-refractivity contribution is 7.11. The Hall–Kier alpha value is -2.63. The van der Waals surface area contributed by atoms with Crippen molar-refractivity contribution in [2.75, 3.05) is 0 Å². The van der Waals surface area contributed by atoms with E-state index in [0.29, 0.717) is 31.9 Å². The van der Waals surface area contributed by atoms with Gasteiger partial charge in [-0.25, -0.2) is 4.98 Å². The van der Waals surface area contributed by atoms with Gasteiger partial charge in [-0.1, -0.05) is 35.3 Å². The summed E-state index contributed by atoms with van der Waals surface area (Å²) in [6.45, 7) is 0. The van der Waals surface area contributed by atoms with Gasteiger partial charge in [0.05, 0.1) is 27.9 Å². The van der Waals surface area contributed by atoms with Gasteiger partial charge >= 0.3 is 0 Å². The maximum atomic E-state index is 9.46. The van der Waals surface area contributed by atoms with Crippen LogP contribution in [0, 0.1) is 22.7 Å². The lowest BCUT2D eigenvalue weighted by molar-refractivity contribution is 1.37. The van der Waals surface area contributed by atoms with Crippen molar-refractivity contribution in [1.82, 2.24) is 4.98 Å². The molecular formula is C19H9Cl2N3S. The third kappa shape index (κ3) is 3.90. The predicted molar refractivity (Wildman–Crippen MR) is 102 cm³/mol. The van der Waals surface area contributed by atoms with Gasteiger partial charge in [-0.3, -0.25) is 0 Å². The summed E-state index contributed by atoms with van der Waals surface area (Å²) in [5.74, 6) is 0. The van der Waals surface area contributed by atoms with Crippen molar-refractivity contribution in [2.24, 2.45) is 0 Å². The molecule has 0 spiro atoms. The van der Waals surface area contributed by atoms with E-state index in [4.69, 9.17) is 28.5 Å². The number of allylic oxidation sites excluding steroid dienone is 1. The molecule has 0 unspecified atom stereocenters. The first kappa shape index (κ1) is 17.2. The number of rotatable bonds is 3. The van der Waals surface area contributed by atoms with Crippen molar-refractivity contribution < 1.29 is 0 Å². The lowest BCUT2D eigenvalue weighted by Crippen LogP contribution is -1.84. The molecule has 0 saturated heterocycles. The summed E-state index contributed by atoms with van der Waals surface area (Å²) in [5, 5.41) is 21.8. The van der Waals surface area contributed by atoms with Crippen molar-refractivity contribution in [3.05, 3.63) is 74.0 Å². The Balaban J connectivity index is 1.95. The summed E-state index contributed by atoms with van der Waals surface area (Å²) in [7, 11) is 0. The molecule has 1 aromatic heterocycles. The van der Waals surface area contributed by atoms with E-state index in [0.717, 1.165) is 11.1 Å². The number of thiazole rings is 1. The molecule has 0 saturated carbocycles. The summed E-state index contributed by atoms with van der Waals surface area (Å²) in [6.07, 6.45) is 1.74. The predicted octanol–water partition coefficient (Wildman–Crippen LogP) is 6.05. The molecule has 3 rings (SSSR count). The van der Waals surface area contributed by atoms with E-state index in [1.54, 1.807) is 48.5 Å². The zero-order chi connectivity index (χ0) is 17.8. The quantitative estimate of drug-likeness (QED) is 0.518. The average molecular weight is 382 g/mol. The standard InChI is InChI=1S/C19H9Cl2N3S/c20-15-5-6-16(17(21)8-15)18-11-25-19(24-18)14(10-23)7-12-1-3-13(9-22)4-2-12/h1-8,11H/b14-7+. The summed E-state index contributed by atoms with van der Waals surface area (Å²) in [6, 6.07) is 16.5. The summed E-state index contributed by atoms with van der Waals surface area (Å²) >= 11 is 13.5. The first-order valence-corrected chi connectivity index (χ1v) is 8.77. The van der Waals surface area contributed by atoms with Crippen LogP contribution in [0.2, 0.25) is 10.0 Å². The number of hydrogen-bond donors (Lipinski definition) is 0. The van der Waals surface area contributed by atoms with Gasteiger partial charge < -0.3 is 0 Å². The molecule has 0 aliphatic carbocycles.